The molecule has 0 spiro atoms. The van der Waals surface area contributed by atoms with Gasteiger partial charge in [-0.25, -0.2) is 9.97 Å². The van der Waals surface area contributed by atoms with Gasteiger partial charge in [0, 0.05) is 17.8 Å². The van der Waals surface area contributed by atoms with Gasteiger partial charge in [-0.1, -0.05) is 12.1 Å². The second-order valence-corrected chi connectivity index (χ2v) is 6.17. The lowest BCUT2D eigenvalue weighted by Gasteiger charge is -2.07. The quantitative estimate of drug-likeness (QED) is 0.610. The number of carbonyl (C=O) groups is 1. The molecule has 0 aliphatic rings. The van der Waals surface area contributed by atoms with E-state index in [-0.39, 0.29) is 18.0 Å². The highest BCUT2D eigenvalue weighted by Gasteiger charge is 2.09. The van der Waals surface area contributed by atoms with E-state index in [0.29, 0.717) is 17.4 Å². The lowest BCUT2D eigenvalue weighted by atomic mass is 10.2. The zero-order valence-electron chi connectivity index (χ0n) is 12.5. The maximum absolute atomic E-state index is 12.3. The molecule has 1 aromatic carbocycles. The number of benzene rings is 1. The number of amides is 1. The summed E-state index contributed by atoms with van der Waals surface area (Å²) in [6, 6.07) is 7.07. The van der Waals surface area contributed by atoms with Gasteiger partial charge in [-0.3, -0.25) is 18.6 Å². The SMILES string of the molecule is O=C(Cn1cnc2ccccc2c1=O)NCc1cn2ccsc2n1. The Balaban J connectivity index is 1.47. The number of aromatic nitrogens is 4. The van der Waals surface area contributed by atoms with E-state index in [9.17, 15) is 9.59 Å². The third-order valence-corrected chi connectivity index (χ3v) is 4.43. The van der Waals surface area contributed by atoms with Crippen LogP contribution < -0.4 is 10.9 Å². The molecular formula is C16H13N5O2S. The van der Waals surface area contributed by atoms with E-state index in [1.54, 1.807) is 18.2 Å². The first-order chi connectivity index (χ1) is 11.7. The fourth-order valence-electron chi connectivity index (χ4n) is 2.48. The lowest BCUT2D eigenvalue weighted by Crippen LogP contribution is -2.32. The van der Waals surface area contributed by atoms with E-state index < -0.39 is 0 Å². The number of fused-ring (bicyclic) bond motifs is 2. The van der Waals surface area contributed by atoms with Crippen LogP contribution in [0, 0.1) is 0 Å². The van der Waals surface area contributed by atoms with E-state index in [2.05, 4.69) is 15.3 Å². The molecule has 0 saturated carbocycles. The van der Waals surface area contributed by atoms with Crippen molar-refractivity contribution in [3.05, 3.63) is 64.4 Å². The van der Waals surface area contributed by atoms with Gasteiger partial charge in [0.05, 0.1) is 29.5 Å². The molecule has 8 heteroatoms. The molecule has 1 amide bonds. The van der Waals surface area contributed by atoms with Crippen LogP contribution in [-0.2, 0) is 17.9 Å². The minimum absolute atomic E-state index is 0.0705. The summed E-state index contributed by atoms with van der Waals surface area (Å²) in [7, 11) is 0. The number of thiazole rings is 1. The molecular weight excluding hydrogens is 326 g/mol. The summed E-state index contributed by atoms with van der Waals surface area (Å²) in [6.45, 7) is 0.252. The van der Waals surface area contributed by atoms with Gasteiger partial charge in [0.15, 0.2) is 4.96 Å². The zero-order chi connectivity index (χ0) is 16.5. The number of rotatable bonds is 4. The van der Waals surface area contributed by atoms with Crippen LogP contribution in [0.3, 0.4) is 0 Å². The summed E-state index contributed by atoms with van der Waals surface area (Å²) in [6.07, 6.45) is 5.19. The highest BCUT2D eigenvalue weighted by atomic mass is 32.1. The largest absolute Gasteiger partial charge is 0.349 e. The van der Waals surface area contributed by atoms with E-state index in [1.165, 1.54) is 22.2 Å². The van der Waals surface area contributed by atoms with Gasteiger partial charge in [-0.15, -0.1) is 11.3 Å². The monoisotopic (exact) mass is 339 g/mol. The molecule has 3 heterocycles. The molecule has 0 fully saturated rings. The predicted molar refractivity (Wildman–Crippen MR) is 90.9 cm³/mol. The number of hydrogen-bond donors (Lipinski definition) is 1. The Labute approximate surface area is 140 Å². The predicted octanol–water partition coefficient (Wildman–Crippen LogP) is 1.42. The Morgan fingerprint density at radius 2 is 2.17 bits per heavy atom. The number of hydrogen-bond acceptors (Lipinski definition) is 5. The van der Waals surface area contributed by atoms with Crippen molar-refractivity contribution < 1.29 is 4.79 Å². The van der Waals surface area contributed by atoms with E-state index >= 15 is 0 Å². The molecule has 0 unspecified atom stereocenters. The summed E-state index contributed by atoms with van der Waals surface area (Å²) >= 11 is 1.53. The number of para-hydroxylation sites is 1. The Morgan fingerprint density at radius 3 is 3.04 bits per heavy atom. The Bertz CT molecular complexity index is 1070. The van der Waals surface area contributed by atoms with Gasteiger partial charge in [0.2, 0.25) is 5.91 Å². The van der Waals surface area contributed by atoms with Gasteiger partial charge in [0.25, 0.3) is 5.56 Å². The molecule has 0 aliphatic heterocycles. The van der Waals surface area contributed by atoms with Crippen molar-refractivity contribution in [3.63, 3.8) is 0 Å². The second-order valence-electron chi connectivity index (χ2n) is 5.30. The van der Waals surface area contributed by atoms with E-state index in [1.807, 2.05) is 28.2 Å². The first kappa shape index (κ1) is 14.6. The highest BCUT2D eigenvalue weighted by Crippen LogP contribution is 2.11. The fourth-order valence-corrected chi connectivity index (χ4v) is 3.20. The molecule has 4 aromatic rings. The smallest absolute Gasteiger partial charge is 0.261 e. The summed E-state index contributed by atoms with van der Waals surface area (Å²) in [5.41, 5.74) is 1.18. The van der Waals surface area contributed by atoms with Crippen molar-refractivity contribution in [3.8, 4) is 0 Å². The first-order valence-electron chi connectivity index (χ1n) is 7.33. The summed E-state index contributed by atoms with van der Waals surface area (Å²) in [5, 5.41) is 5.23. The normalized spacial score (nSPS) is 11.2. The van der Waals surface area contributed by atoms with Crippen LogP contribution in [0.15, 0.2) is 53.2 Å². The van der Waals surface area contributed by atoms with Gasteiger partial charge >= 0.3 is 0 Å². The third-order valence-electron chi connectivity index (χ3n) is 3.66. The zero-order valence-corrected chi connectivity index (χ0v) is 13.4. The van der Waals surface area contributed by atoms with Crippen LogP contribution in [0.5, 0.6) is 0 Å². The standard InChI is InChI=1S/C16H13N5O2S/c22-14(17-7-11-8-20-5-6-24-16(20)19-11)9-21-10-18-13-4-2-1-3-12(13)15(21)23/h1-6,8,10H,7,9H2,(H,17,22). The molecule has 1 N–H and O–H groups in total. The minimum Gasteiger partial charge on any atom is -0.349 e. The van der Waals surface area contributed by atoms with Crippen LogP contribution in [0.1, 0.15) is 5.69 Å². The Morgan fingerprint density at radius 1 is 1.29 bits per heavy atom. The van der Waals surface area contributed by atoms with Crippen molar-refractivity contribution in [2.45, 2.75) is 13.1 Å². The van der Waals surface area contributed by atoms with Crippen molar-refractivity contribution >= 4 is 33.1 Å². The summed E-state index contributed by atoms with van der Waals surface area (Å²) in [4.78, 5) is 33.9. The van der Waals surface area contributed by atoms with Crippen LogP contribution in [0.4, 0.5) is 0 Å². The van der Waals surface area contributed by atoms with E-state index in [0.717, 1.165) is 10.7 Å². The Kier molecular flexibility index (Phi) is 3.58. The number of carbonyl (C=O) groups excluding carboxylic acids is 1. The van der Waals surface area contributed by atoms with Crippen molar-refractivity contribution in [1.29, 1.82) is 0 Å². The van der Waals surface area contributed by atoms with Crippen LogP contribution in [0.25, 0.3) is 15.9 Å². The number of imidazole rings is 1. The van der Waals surface area contributed by atoms with Crippen LogP contribution >= 0.6 is 11.3 Å². The van der Waals surface area contributed by atoms with Crippen LogP contribution in [-0.4, -0.2) is 24.8 Å². The number of nitrogens with one attached hydrogen (secondary N) is 1. The average molecular weight is 339 g/mol. The molecule has 7 nitrogen and oxygen atoms in total. The topological polar surface area (TPSA) is 81.3 Å². The van der Waals surface area contributed by atoms with Gasteiger partial charge in [0.1, 0.15) is 6.54 Å². The lowest BCUT2D eigenvalue weighted by molar-refractivity contribution is -0.121. The van der Waals surface area contributed by atoms with Crippen LogP contribution in [0.2, 0.25) is 0 Å². The molecule has 0 bridgehead atoms. The maximum Gasteiger partial charge on any atom is 0.261 e. The van der Waals surface area contributed by atoms with E-state index in [4.69, 9.17) is 0 Å². The van der Waals surface area contributed by atoms with Gasteiger partial charge < -0.3 is 5.32 Å². The molecule has 24 heavy (non-hydrogen) atoms. The van der Waals surface area contributed by atoms with Crippen molar-refractivity contribution in [1.82, 2.24) is 24.3 Å². The average Bonchev–Trinajstić information content (AvgIpc) is 3.17. The minimum atomic E-state index is -0.259. The van der Waals surface area contributed by atoms with Crippen molar-refractivity contribution in [2.24, 2.45) is 0 Å². The molecule has 0 saturated heterocycles. The first-order valence-corrected chi connectivity index (χ1v) is 8.20. The molecule has 0 atom stereocenters. The summed E-state index contributed by atoms with van der Waals surface area (Å²) < 4.78 is 3.22. The second kappa shape index (κ2) is 5.89. The van der Waals surface area contributed by atoms with Gasteiger partial charge in [-0.2, -0.15) is 0 Å². The fraction of sp³-hybridized carbons (Fsp3) is 0.125. The highest BCUT2D eigenvalue weighted by molar-refractivity contribution is 7.15. The number of nitrogens with zero attached hydrogens (tertiary/aromatic N) is 4. The maximum atomic E-state index is 12.3. The Hall–Kier alpha value is -3.00. The molecule has 3 aromatic heterocycles. The third kappa shape index (κ3) is 2.67. The summed E-state index contributed by atoms with van der Waals surface area (Å²) in [5.74, 6) is -0.259. The van der Waals surface area contributed by atoms with Crippen molar-refractivity contribution in [2.75, 3.05) is 0 Å². The molecule has 0 radical (unpaired) electrons. The molecule has 4 rings (SSSR count). The molecule has 120 valence electrons. The molecule has 0 aliphatic carbocycles. The van der Waals surface area contributed by atoms with Gasteiger partial charge in [-0.05, 0) is 12.1 Å².